The van der Waals surface area contributed by atoms with E-state index in [0.717, 1.165) is 74.2 Å². The van der Waals surface area contributed by atoms with E-state index in [0.29, 0.717) is 6.42 Å². The number of guanidine groups is 1. The third kappa shape index (κ3) is 7.21. The first-order valence-corrected chi connectivity index (χ1v) is 9.98. The quantitative estimate of drug-likeness (QED) is 0.237. The first-order chi connectivity index (χ1) is 13.6. The zero-order chi connectivity index (χ0) is 20.2. The first-order valence-electron chi connectivity index (χ1n) is 9.98. The number of rotatable bonds is 11. The van der Waals surface area contributed by atoms with Crippen LogP contribution in [0, 0.1) is 5.82 Å². The van der Waals surface area contributed by atoms with E-state index in [9.17, 15) is 9.18 Å². The van der Waals surface area contributed by atoms with Crippen molar-refractivity contribution in [3.8, 4) is 0 Å². The molecule has 0 saturated heterocycles. The van der Waals surface area contributed by atoms with Crippen molar-refractivity contribution >= 4 is 22.8 Å². The Hall–Kier alpha value is -2.57. The molecule has 1 aromatic heterocycles. The lowest BCUT2D eigenvalue weighted by Crippen LogP contribution is -2.38. The fraction of sp³-hybridized carbons (Fsp3) is 0.524. The molecule has 0 atom stereocenters. The average Bonchev–Trinajstić information content (AvgIpc) is 3.08. The fourth-order valence-electron chi connectivity index (χ4n) is 3.05. The molecule has 154 valence electrons. The number of carbonyl (C=O) groups excluding carboxylic acids is 1. The summed E-state index contributed by atoms with van der Waals surface area (Å²) in [4.78, 5) is 18.8. The predicted octanol–water partition coefficient (Wildman–Crippen LogP) is 3.53. The number of hydrogen-bond acceptors (Lipinski definition) is 3. The SMILES string of the molecule is CCNC(=NCCCCCCC(=O)OC)NCCc1c[nH]c2cc(F)ccc12. The van der Waals surface area contributed by atoms with Crippen molar-refractivity contribution in [2.75, 3.05) is 26.7 Å². The number of aromatic nitrogens is 1. The first kappa shape index (κ1) is 21.7. The molecule has 1 aromatic carbocycles. The Morgan fingerprint density at radius 1 is 1.21 bits per heavy atom. The molecule has 0 amide bonds. The number of ether oxygens (including phenoxy) is 1. The third-order valence-electron chi connectivity index (χ3n) is 4.55. The number of aliphatic imine (C=N–C) groups is 1. The van der Waals surface area contributed by atoms with Crippen LogP contribution in [0.3, 0.4) is 0 Å². The molecule has 0 fully saturated rings. The monoisotopic (exact) mass is 390 g/mol. The Morgan fingerprint density at radius 3 is 2.82 bits per heavy atom. The minimum atomic E-state index is -0.231. The number of fused-ring (bicyclic) bond motifs is 1. The van der Waals surface area contributed by atoms with Crippen LogP contribution in [0.5, 0.6) is 0 Å². The number of H-pyrrole nitrogens is 1. The molecule has 0 spiro atoms. The van der Waals surface area contributed by atoms with Crippen LogP contribution < -0.4 is 10.6 Å². The molecule has 28 heavy (non-hydrogen) atoms. The number of nitrogens with one attached hydrogen (secondary N) is 3. The molecule has 0 saturated carbocycles. The molecule has 0 radical (unpaired) electrons. The minimum absolute atomic E-state index is 0.142. The molecule has 2 rings (SSSR count). The second-order valence-electron chi connectivity index (χ2n) is 6.68. The fourth-order valence-corrected chi connectivity index (χ4v) is 3.05. The van der Waals surface area contributed by atoms with E-state index >= 15 is 0 Å². The molecular weight excluding hydrogens is 359 g/mol. The zero-order valence-electron chi connectivity index (χ0n) is 16.8. The Labute approximate surface area is 166 Å². The maximum atomic E-state index is 13.3. The van der Waals surface area contributed by atoms with Gasteiger partial charge in [0.2, 0.25) is 0 Å². The van der Waals surface area contributed by atoms with E-state index in [1.54, 1.807) is 0 Å². The number of unbranched alkanes of at least 4 members (excludes halogenated alkanes) is 3. The highest BCUT2D eigenvalue weighted by atomic mass is 19.1. The number of hydrogen-bond donors (Lipinski definition) is 3. The van der Waals surface area contributed by atoms with Gasteiger partial charge in [-0.1, -0.05) is 12.8 Å². The van der Waals surface area contributed by atoms with Crippen molar-refractivity contribution in [3.63, 3.8) is 0 Å². The molecule has 0 aliphatic carbocycles. The summed E-state index contributed by atoms with van der Waals surface area (Å²) in [5, 5.41) is 7.65. The summed E-state index contributed by atoms with van der Waals surface area (Å²) in [5.74, 6) is 0.436. The second-order valence-corrected chi connectivity index (χ2v) is 6.68. The number of halogens is 1. The van der Waals surface area contributed by atoms with Gasteiger partial charge in [0, 0.05) is 43.2 Å². The largest absolute Gasteiger partial charge is 0.469 e. The average molecular weight is 391 g/mol. The molecule has 7 heteroatoms. The molecular formula is C21H31FN4O2. The van der Waals surface area contributed by atoms with Crippen LogP contribution in [0.4, 0.5) is 4.39 Å². The molecule has 1 heterocycles. The van der Waals surface area contributed by atoms with Gasteiger partial charge in [0.1, 0.15) is 5.82 Å². The maximum Gasteiger partial charge on any atom is 0.305 e. The third-order valence-corrected chi connectivity index (χ3v) is 4.55. The molecule has 2 aromatic rings. The molecule has 6 nitrogen and oxygen atoms in total. The topological polar surface area (TPSA) is 78.5 Å². The summed E-state index contributed by atoms with van der Waals surface area (Å²) in [6.07, 6.45) is 7.16. The predicted molar refractivity (Wildman–Crippen MR) is 111 cm³/mol. The van der Waals surface area contributed by atoms with Crippen LogP contribution in [0.2, 0.25) is 0 Å². The summed E-state index contributed by atoms with van der Waals surface area (Å²) in [5.41, 5.74) is 1.98. The number of carbonyl (C=O) groups is 1. The second kappa shape index (κ2) is 12.0. The van der Waals surface area contributed by atoms with Crippen LogP contribution in [-0.4, -0.2) is 43.7 Å². The van der Waals surface area contributed by atoms with Crippen LogP contribution >= 0.6 is 0 Å². The standard InChI is InChI=1S/C21H31FN4O2/c1-3-23-21(24-12-7-5-4-6-8-20(27)28-2)25-13-11-16-15-26-19-14-17(22)9-10-18(16)19/h9-10,14-15,26H,3-8,11-13H2,1-2H3,(H2,23,24,25). The van der Waals surface area contributed by atoms with Gasteiger partial charge in [-0.3, -0.25) is 9.79 Å². The lowest BCUT2D eigenvalue weighted by Gasteiger charge is -2.11. The van der Waals surface area contributed by atoms with E-state index in [-0.39, 0.29) is 11.8 Å². The van der Waals surface area contributed by atoms with Gasteiger partial charge < -0.3 is 20.4 Å². The highest BCUT2D eigenvalue weighted by molar-refractivity contribution is 5.83. The number of nitrogens with zero attached hydrogens (tertiary/aromatic N) is 1. The van der Waals surface area contributed by atoms with Crippen LogP contribution in [0.1, 0.15) is 44.6 Å². The summed E-state index contributed by atoms with van der Waals surface area (Å²) in [6.45, 7) is 4.34. The Bertz CT molecular complexity index is 773. The lowest BCUT2D eigenvalue weighted by atomic mass is 10.1. The summed E-state index contributed by atoms with van der Waals surface area (Å²) in [6, 6.07) is 4.82. The minimum Gasteiger partial charge on any atom is -0.469 e. The maximum absolute atomic E-state index is 13.3. The van der Waals surface area contributed by atoms with E-state index < -0.39 is 0 Å². The van der Waals surface area contributed by atoms with Gasteiger partial charge in [0.15, 0.2) is 5.96 Å². The van der Waals surface area contributed by atoms with Gasteiger partial charge in [-0.25, -0.2) is 4.39 Å². The Kier molecular flexibility index (Phi) is 9.31. The highest BCUT2D eigenvalue weighted by Crippen LogP contribution is 2.19. The number of methoxy groups -OCH3 is 1. The number of benzene rings is 1. The Morgan fingerprint density at radius 2 is 2.04 bits per heavy atom. The molecule has 0 aliphatic heterocycles. The highest BCUT2D eigenvalue weighted by Gasteiger charge is 2.05. The lowest BCUT2D eigenvalue weighted by molar-refractivity contribution is -0.140. The van der Waals surface area contributed by atoms with E-state index in [1.807, 2.05) is 19.2 Å². The van der Waals surface area contributed by atoms with Crippen molar-refractivity contribution in [2.24, 2.45) is 4.99 Å². The van der Waals surface area contributed by atoms with E-state index in [1.165, 1.54) is 19.2 Å². The Balaban J connectivity index is 1.71. The van der Waals surface area contributed by atoms with Gasteiger partial charge in [-0.15, -0.1) is 0 Å². The summed E-state index contributed by atoms with van der Waals surface area (Å²) in [7, 11) is 1.42. The molecule has 0 aliphatic rings. The van der Waals surface area contributed by atoms with Gasteiger partial charge in [0.05, 0.1) is 7.11 Å². The molecule has 0 unspecified atom stereocenters. The van der Waals surface area contributed by atoms with Gasteiger partial charge >= 0.3 is 5.97 Å². The molecule has 0 bridgehead atoms. The van der Waals surface area contributed by atoms with Crippen molar-refractivity contribution in [1.29, 1.82) is 0 Å². The van der Waals surface area contributed by atoms with Crippen molar-refractivity contribution in [3.05, 3.63) is 35.8 Å². The van der Waals surface area contributed by atoms with E-state index in [4.69, 9.17) is 0 Å². The van der Waals surface area contributed by atoms with Crippen LogP contribution in [-0.2, 0) is 16.0 Å². The van der Waals surface area contributed by atoms with Crippen molar-refractivity contribution in [1.82, 2.24) is 15.6 Å². The summed E-state index contributed by atoms with van der Waals surface area (Å²) >= 11 is 0. The van der Waals surface area contributed by atoms with Crippen molar-refractivity contribution < 1.29 is 13.9 Å². The zero-order valence-corrected chi connectivity index (χ0v) is 16.8. The van der Waals surface area contributed by atoms with Crippen molar-refractivity contribution in [2.45, 2.75) is 45.4 Å². The normalized spacial score (nSPS) is 11.6. The van der Waals surface area contributed by atoms with Gasteiger partial charge in [-0.2, -0.15) is 0 Å². The van der Waals surface area contributed by atoms with Gasteiger partial charge in [0.25, 0.3) is 0 Å². The smallest absolute Gasteiger partial charge is 0.305 e. The van der Waals surface area contributed by atoms with E-state index in [2.05, 4.69) is 25.3 Å². The van der Waals surface area contributed by atoms with Crippen LogP contribution in [0.15, 0.2) is 29.4 Å². The van der Waals surface area contributed by atoms with Crippen LogP contribution in [0.25, 0.3) is 10.9 Å². The van der Waals surface area contributed by atoms with Gasteiger partial charge in [-0.05, 0) is 49.9 Å². The summed E-state index contributed by atoms with van der Waals surface area (Å²) < 4.78 is 17.9. The molecule has 3 N–H and O–H groups in total. The number of aromatic amines is 1. The number of esters is 1.